The summed E-state index contributed by atoms with van der Waals surface area (Å²) in [6.07, 6.45) is 0.344. The summed E-state index contributed by atoms with van der Waals surface area (Å²) in [5.41, 5.74) is 12.9. The molecule has 1 rings (SSSR count). The largest absolute Gasteiger partial charge is 0.397 e. The third-order valence-corrected chi connectivity index (χ3v) is 1.59. The number of rotatable bonds is 2. The van der Waals surface area contributed by atoms with Gasteiger partial charge in [0.15, 0.2) is 0 Å². The smallest absolute Gasteiger partial charge is 0.0935 e. The van der Waals surface area contributed by atoms with Gasteiger partial charge in [-0.2, -0.15) is 0 Å². The number of alkyl halides is 1. The monoisotopic (exact) mass is 154 g/mol. The topological polar surface area (TPSA) is 52.0 Å². The Morgan fingerprint density at radius 2 is 2.00 bits per heavy atom. The highest BCUT2D eigenvalue weighted by Gasteiger charge is 2.00. The normalized spacial score (nSPS) is 9.91. The molecule has 0 fully saturated rings. The van der Waals surface area contributed by atoms with Crippen LogP contribution >= 0.6 is 0 Å². The van der Waals surface area contributed by atoms with E-state index in [0.717, 1.165) is 5.56 Å². The molecule has 0 bridgehead atoms. The second-order valence-electron chi connectivity index (χ2n) is 2.36. The van der Waals surface area contributed by atoms with Crippen molar-refractivity contribution in [1.29, 1.82) is 0 Å². The number of anilines is 2. The fourth-order valence-electron chi connectivity index (χ4n) is 0.953. The Balaban J connectivity index is 2.96. The molecule has 0 aliphatic carbocycles. The molecule has 0 aromatic heterocycles. The summed E-state index contributed by atoms with van der Waals surface area (Å²) in [6, 6.07) is 5.26. The van der Waals surface area contributed by atoms with E-state index in [4.69, 9.17) is 11.5 Å². The van der Waals surface area contributed by atoms with E-state index < -0.39 is 6.67 Å². The lowest BCUT2D eigenvalue weighted by molar-refractivity contribution is 0.496. The van der Waals surface area contributed by atoms with Crippen molar-refractivity contribution in [3.8, 4) is 0 Å². The predicted octanol–water partition coefficient (Wildman–Crippen LogP) is 1.36. The molecule has 0 unspecified atom stereocenters. The molecule has 0 saturated heterocycles. The van der Waals surface area contributed by atoms with Crippen LogP contribution in [0.25, 0.3) is 0 Å². The minimum absolute atomic E-state index is 0.344. The number of hydrogen-bond acceptors (Lipinski definition) is 2. The molecule has 1 aromatic carbocycles. The van der Waals surface area contributed by atoms with Crippen LogP contribution in [0.1, 0.15) is 5.56 Å². The van der Waals surface area contributed by atoms with E-state index in [-0.39, 0.29) is 0 Å². The van der Waals surface area contributed by atoms with Gasteiger partial charge < -0.3 is 11.5 Å². The molecule has 0 heterocycles. The van der Waals surface area contributed by atoms with Crippen LogP contribution in [0, 0.1) is 0 Å². The van der Waals surface area contributed by atoms with Crippen molar-refractivity contribution in [3.63, 3.8) is 0 Å². The first kappa shape index (κ1) is 7.85. The first-order valence-corrected chi connectivity index (χ1v) is 3.44. The molecule has 2 nitrogen and oxygen atoms in total. The van der Waals surface area contributed by atoms with Crippen molar-refractivity contribution in [1.82, 2.24) is 0 Å². The van der Waals surface area contributed by atoms with Gasteiger partial charge in [-0.05, 0) is 11.6 Å². The van der Waals surface area contributed by atoms with E-state index in [9.17, 15) is 4.39 Å². The van der Waals surface area contributed by atoms with Crippen LogP contribution in [0.15, 0.2) is 18.2 Å². The number of aryl methyl sites for hydroxylation is 1. The molecule has 3 heteroatoms. The molecule has 0 aliphatic heterocycles. The van der Waals surface area contributed by atoms with Crippen LogP contribution in [-0.2, 0) is 6.42 Å². The first-order valence-electron chi connectivity index (χ1n) is 3.44. The summed E-state index contributed by atoms with van der Waals surface area (Å²) in [4.78, 5) is 0. The molecular formula is C8H11FN2. The maximum absolute atomic E-state index is 11.9. The van der Waals surface area contributed by atoms with Gasteiger partial charge in [0.05, 0.1) is 18.0 Å². The molecule has 11 heavy (non-hydrogen) atoms. The Labute approximate surface area is 65.0 Å². The Bertz CT molecular complexity index is 248. The zero-order valence-corrected chi connectivity index (χ0v) is 6.18. The van der Waals surface area contributed by atoms with Gasteiger partial charge in [0, 0.05) is 6.42 Å². The standard InChI is InChI=1S/C8H11FN2/c9-5-4-6-2-1-3-7(10)8(6)11/h1-3H,4-5,10-11H2. The molecule has 4 N–H and O–H groups in total. The molecule has 0 aliphatic rings. The minimum Gasteiger partial charge on any atom is -0.397 e. The lowest BCUT2D eigenvalue weighted by Gasteiger charge is -2.04. The molecule has 60 valence electrons. The quantitative estimate of drug-likeness (QED) is 0.632. The summed E-state index contributed by atoms with van der Waals surface area (Å²) >= 11 is 0. The van der Waals surface area contributed by atoms with Gasteiger partial charge in [0.2, 0.25) is 0 Å². The maximum atomic E-state index is 11.9. The Morgan fingerprint density at radius 3 is 2.64 bits per heavy atom. The second-order valence-corrected chi connectivity index (χ2v) is 2.36. The molecular weight excluding hydrogens is 143 g/mol. The van der Waals surface area contributed by atoms with Crippen molar-refractivity contribution in [2.75, 3.05) is 18.1 Å². The summed E-state index contributed by atoms with van der Waals surface area (Å²) < 4.78 is 11.9. The van der Waals surface area contributed by atoms with Crippen molar-refractivity contribution < 1.29 is 4.39 Å². The van der Waals surface area contributed by atoms with E-state index in [1.54, 1.807) is 18.2 Å². The van der Waals surface area contributed by atoms with Crippen LogP contribution in [0.3, 0.4) is 0 Å². The van der Waals surface area contributed by atoms with E-state index in [0.29, 0.717) is 17.8 Å². The first-order chi connectivity index (χ1) is 5.25. The fourth-order valence-corrected chi connectivity index (χ4v) is 0.953. The SMILES string of the molecule is Nc1cccc(CCF)c1N. The van der Waals surface area contributed by atoms with Crippen molar-refractivity contribution in [2.24, 2.45) is 0 Å². The Morgan fingerprint density at radius 1 is 1.27 bits per heavy atom. The van der Waals surface area contributed by atoms with Gasteiger partial charge in [0.1, 0.15) is 0 Å². The van der Waals surface area contributed by atoms with Gasteiger partial charge in [-0.3, -0.25) is 4.39 Å². The van der Waals surface area contributed by atoms with Gasteiger partial charge in [-0.25, -0.2) is 0 Å². The highest BCUT2D eigenvalue weighted by atomic mass is 19.1. The summed E-state index contributed by atoms with van der Waals surface area (Å²) in [6.45, 7) is -0.395. The van der Waals surface area contributed by atoms with Crippen molar-refractivity contribution in [3.05, 3.63) is 23.8 Å². The van der Waals surface area contributed by atoms with Crippen LogP contribution in [0.2, 0.25) is 0 Å². The highest BCUT2D eigenvalue weighted by molar-refractivity contribution is 5.67. The zero-order valence-electron chi connectivity index (χ0n) is 6.18. The van der Waals surface area contributed by atoms with Gasteiger partial charge in [-0.15, -0.1) is 0 Å². The minimum atomic E-state index is -0.395. The van der Waals surface area contributed by atoms with Crippen LogP contribution < -0.4 is 11.5 Å². The Hall–Kier alpha value is -1.25. The number of nitrogens with two attached hydrogens (primary N) is 2. The number of nitrogen functional groups attached to an aromatic ring is 2. The molecule has 0 radical (unpaired) electrons. The second kappa shape index (κ2) is 3.23. The predicted molar refractivity (Wildman–Crippen MR) is 44.9 cm³/mol. The van der Waals surface area contributed by atoms with E-state index in [1.165, 1.54) is 0 Å². The third kappa shape index (κ3) is 1.61. The van der Waals surface area contributed by atoms with Crippen molar-refractivity contribution in [2.45, 2.75) is 6.42 Å². The maximum Gasteiger partial charge on any atom is 0.0935 e. The molecule has 0 saturated carbocycles. The van der Waals surface area contributed by atoms with Crippen molar-refractivity contribution >= 4 is 11.4 Å². The lowest BCUT2D eigenvalue weighted by atomic mass is 10.1. The lowest BCUT2D eigenvalue weighted by Crippen LogP contribution is -2.00. The number of hydrogen-bond donors (Lipinski definition) is 2. The molecule has 1 aromatic rings. The highest BCUT2D eigenvalue weighted by Crippen LogP contribution is 2.19. The molecule has 0 atom stereocenters. The molecule has 0 amide bonds. The number of para-hydroxylation sites is 1. The van der Waals surface area contributed by atoms with Gasteiger partial charge in [0.25, 0.3) is 0 Å². The van der Waals surface area contributed by atoms with E-state index in [1.807, 2.05) is 0 Å². The van der Waals surface area contributed by atoms with Crippen LogP contribution in [0.5, 0.6) is 0 Å². The van der Waals surface area contributed by atoms with E-state index >= 15 is 0 Å². The average molecular weight is 154 g/mol. The molecule has 0 spiro atoms. The zero-order chi connectivity index (χ0) is 8.27. The average Bonchev–Trinajstić information content (AvgIpc) is 1.99. The fraction of sp³-hybridized carbons (Fsp3) is 0.250. The van der Waals surface area contributed by atoms with E-state index in [2.05, 4.69) is 0 Å². The van der Waals surface area contributed by atoms with Crippen LogP contribution in [0.4, 0.5) is 15.8 Å². The Kier molecular flexibility index (Phi) is 2.31. The summed E-state index contributed by atoms with van der Waals surface area (Å²) in [7, 11) is 0. The summed E-state index contributed by atoms with van der Waals surface area (Å²) in [5, 5.41) is 0. The van der Waals surface area contributed by atoms with Gasteiger partial charge in [-0.1, -0.05) is 12.1 Å². The number of benzene rings is 1. The third-order valence-electron chi connectivity index (χ3n) is 1.59. The summed E-state index contributed by atoms with van der Waals surface area (Å²) in [5.74, 6) is 0. The van der Waals surface area contributed by atoms with Gasteiger partial charge >= 0.3 is 0 Å². The van der Waals surface area contributed by atoms with Crippen LogP contribution in [-0.4, -0.2) is 6.67 Å². The number of halogens is 1.